The summed E-state index contributed by atoms with van der Waals surface area (Å²) in [5, 5.41) is 12.7. The van der Waals surface area contributed by atoms with E-state index in [0.717, 1.165) is 6.42 Å². The Hall–Kier alpha value is -0.570. The van der Waals surface area contributed by atoms with Crippen molar-refractivity contribution in [2.24, 2.45) is 23.7 Å². The highest BCUT2D eigenvalue weighted by Crippen LogP contribution is 2.57. The van der Waals surface area contributed by atoms with Crippen LogP contribution in [0.3, 0.4) is 0 Å². The number of hydrogen-bond donors (Lipinski definition) is 2. The number of aliphatic hydroxyl groups excluding tert-OH is 1. The second-order valence-electron chi connectivity index (χ2n) is 5.48. The predicted octanol–water partition coefficient (Wildman–Crippen LogP) is 1.56. The normalized spacial score (nSPS) is 35.3. The Morgan fingerprint density at radius 3 is 2.62 bits per heavy atom. The van der Waals surface area contributed by atoms with Crippen molar-refractivity contribution in [2.75, 3.05) is 6.54 Å². The molecule has 0 bridgehead atoms. The summed E-state index contributed by atoms with van der Waals surface area (Å²) < 4.78 is 0. The number of nitrogens with one attached hydrogen (secondary N) is 1. The average Bonchev–Trinajstić information content (AvgIpc) is 2.78. The molecule has 0 aromatic heterocycles. The lowest BCUT2D eigenvalue weighted by Gasteiger charge is -2.17. The van der Waals surface area contributed by atoms with Crippen LogP contribution >= 0.6 is 0 Å². The first-order valence-electron chi connectivity index (χ1n) is 6.61. The molecule has 3 nitrogen and oxygen atoms in total. The molecular formula is C13H23NO2. The van der Waals surface area contributed by atoms with Gasteiger partial charge in [0.15, 0.2) is 0 Å². The lowest BCUT2D eigenvalue weighted by Crippen LogP contribution is -2.36. The van der Waals surface area contributed by atoms with Crippen LogP contribution in [0, 0.1) is 23.7 Å². The highest BCUT2D eigenvalue weighted by Gasteiger charge is 2.56. The molecule has 0 saturated heterocycles. The maximum atomic E-state index is 11.8. The van der Waals surface area contributed by atoms with E-state index in [2.05, 4.69) is 12.2 Å². The summed E-state index contributed by atoms with van der Waals surface area (Å²) in [5.41, 5.74) is 0. The second kappa shape index (κ2) is 4.74. The van der Waals surface area contributed by atoms with E-state index < -0.39 is 6.10 Å². The number of rotatable bonds is 5. The number of hydrogen-bond acceptors (Lipinski definition) is 2. The summed E-state index contributed by atoms with van der Waals surface area (Å²) in [7, 11) is 0. The lowest BCUT2D eigenvalue weighted by molar-refractivity contribution is -0.123. The molecule has 1 amide bonds. The molecule has 0 aromatic rings. The minimum absolute atomic E-state index is 0.178. The van der Waals surface area contributed by atoms with Crippen molar-refractivity contribution in [2.45, 2.75) is 45.6 Å². The van der Waals surface area contributed by atoms with E-state index in [9.17, 15) is 9.90 Å². The van der Waals surface area contributed by atoms with E-state index in [0.29, 0.717) is 18.4 Å². The second-order valence-corrected chi connectivity index (χ2v) is 5.48. The molecule has 0 heterocycles. The van der Waals surface area contributed by atoms with E-state index in [1.165, 1.54) is 19.3 Å². The molecule has 0 spiro atoms. The summed E-state index contributed by atoms with van der Waals surface area (Å²) in [4.78, 5) is 11.8. The van der Waals surface area contributed by atoms with Crippen LogP contribution < -0.4 is 5.32 Å². The zero-order chi connectivity index (χ0) is 11.7. The maximum Gasteiger partial charge on any atom is 0.223 e. The lowest BCUT2D eigenvalue weighted by atomic mass is 10.0. The number of fused-ring (bicyclic) bond motifs is 1. The highest BCUT2D eigenvalue weighted by molar-refractivity contribution is 5.82. The van der Waals surface area contributed by atoms with Gasteiger partial charge in [0, 0.05) is 12.5 Å². The van der Waals surface area contributed by atoms with Crippen molar-refractivity contribution in [3.8, 4) is 0 Å². The van der Waals surface area contributed by atoms with Gasteiger partial charge in [-0.1, -0.05) is 26.7 Å². The minimum Gasteiger partial charge on any atom is -0.391 e. The number of carbonyl (C=O) groups is 1. The molecule has 2 N–H and O–H groups in total. The molecule has 92 valence electrons. The third-order valence-corrected chi connectivity index (χ3v) is 4.50. The molecule has 2 fully saturated rings. The van der Waals surface area contributed by atoms with Crippen LogP contribution in [0.4, 0.5) is 0 Å². The fourth-order valence-corrected chi connectivity index (χ4v) is 3.01. The molecule has 2 aliphatic carbocycles. The van der Waals surface area contributed by atoms with Gasteiger partial charge in [0.1, 0.15) is 0 Å². The quantitative estimate of drug-likeness (QED) is 0.746. The fraction of sp³-hybridized carbons (Fsp3) is 0.923. The number of carbonyl (C=O) groups excluding carboxylic acids is 1. The van der Waals surface area contributed by atoms with Gasteiger partial charge in [0.2, 0.25) is 5.91 Å². The van der Waals surface area contributed by atoms with Crippen LogP contribution in [0.5, 0.6) is 0 Å². The molecule has 2 saturated carbocycles. The van der Waals surface area contributed by atoms with Crippen LogP contribution in [0.2, 0.25) is 0 Å². The SMILES string of the molecule is CCC(C)C(O)CNC(=O)C1C2CCCC21. The fourth-order valence-electron chi connectivity index (χ4n) is 3.01. The minimum atomic E-state index is -0.396. The Bertz CT molecular complexity index is 257. The Kier molecular flexibility index (Phi) is 3.53. The summed E-state index contributed by atoms with van der Waals surface area (Å²) in [5.74, 6) is 2.05. The zero-order valence-corrected chi connectivity index (χ0v) is 10.3. The van der Waals surface area contributed by atoms with Gasteiger partial charge in [-0.2, -0.15) is 0 Å². The molecule has 2 rings (SSSR count). The van der Waals surface area contributed by atoms with Crippen LogP contribution in [-0.4, -0.2) is 23.7 Å². The van der Waals surface area contributed by atoms with Crippen LogP contribution in [-0.2, 0) is 4.79 Å². The molecular weight excluding hydrogens is 202 g/mol. The van der Waals surface area contributed by atoms with E-state index >= 15 is 0 Å². The first-order chi connectivity index (χ1) is 7.65. The Morgan fingerprint density at radius 1 is 1.44 bits per heavy atom. The average molecular weight is 225 g/mol. The number of aliphatic hydroxyl groups is 1. The van der Waals surface area contributed by atoms with E-state index in [-0.39, 0.29) is 17.7 Å². The third kappa shape index (κ3) is 2.24. The Labute approximate surface area is 97.6 Å². The molecule has 0 radical (unpaired) electrons. The zero-order valence-electron chi connectivity index (χ0n) is 10.3. The molecule has 4 atom stereocenters. The summed E-state index contributed by atoms with van der Waals surface area (Å²) >= 11 is 0. The van der Waals surface area contributed by atoms with Gasteiger partial charge < -0.3 is 10.4 Å². The third-order valence-electron chi connectivity index (χ3n) is 4.50. The first-order valence-corrected chi connectivity index (χ1v) is 6.61. The van der Waals surface area contributed by atoms with Gasteiger partial charge in [-0.15, -0.1) is 0 Å². The van der Waals surface area contributed by atoms with Crippen molar-refractivity contribution in [1.82, 2.24) is 5.32 Å². The highest BCUT2D eigenvalue weighted by atomic mass is 16.3. The van der Waals surface area contributed by atoms with Gasteiger partial charge >= 0.3 is 0 Å². The number of amides is 1. The maximum absolute atomic E-state index is 11.8. The molecule has 2 aliphatic rings. The van der Waals surface area contributed by atoms with E-state index in [1.54, 1.807) is 0 Å². The molecule has 0 aromatic carbocycles. The summed E-state index contributed by atoms with van der Waals surface area (Å²) in [6.07, 6.45) is 4.32. The van der Waals surface area contributed by atoms with Crippen LogP contribution in [0.1, 0.15) is 39.5 Å². The summed E-state index contributed by atoms with van der Waals surface area (Å²) in [6.45, 7) is 4.49. The largest absolute Gasteiger partial charge is 0.391 e. The Morgan fingerprint density at radius 2 is 2.06 bits per heavy atom. The Balaban J connectivity index is 1.69. The summed E-state index contributed by atoms with van der Waals surface area (Å²) in [6, 6.07) is 0. The van der Waals surface area contributed by atoms with Gasteiger partial charge in [0.05, 0.1) is 6.10 Å². The predicted molar refractivity (Wildman–Crippen MR) is 62.8 cm³/mol. The van der Waals surface area contributed by atoms with Crippen LogP contribution in [0.25, 0.3) is 0 Å². The van der Waals surface area contributed by atoms with Crippen LogP contribution in [0.15, 0.2) is 0 Å². The smallest absolute Gasteiger partial charge is 0.223 e. The van der Waals surface area contributed by atoms with Crippen molar-refractivity contribution in [3.63, 3.8) is 0 Å². The molecule has 4 unspecified atom stereocenters. The van der Waals surface area contributed by atoms with Gasteiger partial charge in [-0.25, -0.2) is 0 Å². The molecule has 0 aliphatic heterocycles. The van der Waals surface area contributed by atoms with Gasteiger partial charge in [-0.3, -0.25) is 4.79 Å². The monoisotopic (exact) mass is 225 g/mol. The first kappa shape index (κ1) is 11.9. The van der Waals surface area contributed by atoms with Crippen molar-refractivity contribution in [1.29, 1.82) is 0 Å². The van der Waals surface area contributed by atoms with Gasteiger partial charge in [-0.05, 0) is 30.6 Å². The van der Waals surface area contributed by atoms with Crippen molar-refractivity contribution < 1.29 is 9.90 Å². The van der Waals surface area contributed by atoms with Crippen molar-refractivity contribution >= 4 is 5.91 Å². The molecule has 3 heteroatoms. The van der Waals surface area contributed by atoms with E-state index in [1.807, 2.05) is 6.92 Å². The van der Waals surface area contributed by atoms with Crippen molar-refractivity contribution in [3.05, 3.63) is 0 Å². The topological polar surface area (TPSA) is 49.3 Å². The molecule has 16 heavy (non-hydrogen) atoms. The standard InChI is InChI=1S/C13H23NO2/c1-3-8(2)11(15)7-14-13(16)12-9-5-4-6-10(9)12/h8-12,15H,3-7H2,1-2H3,(H,14,16). The van der Waals surface area contributed by atoms with Gasteiger partial charge in [0.25, 0.3) is 0 Å². The van der Waals surface area contributed by atoms with E-state index in [4.69, 9.17) is 0 Å².